The molecule has 0 bridgehead atoms. The van der Waals surface area contributed by atoms with Gasteiger partial charge in [-0.05, 0) is 35.6 Å². The first-order chi connectivity index (χ1) is 8.99. The molecule has 0 aliphatic heterocycles. The van der Waals surface area contributed by atoms with Gasteiger partial charge in [-0.3, -0.25) is 0 Å². The van der Waals surface area contributed by atoms with E-state index in [1.54, 1.807) is 6.07 Å². The Labute approximate surface area is 113 Å². The molecule has 19 heavy (non-hydrogen) atoms. The van der Waals surface area contributed by atoms with Gasteiger partial charge in [0.15, 0.2) is 0 Å². The summed E-state index contributed by atoms with van der Waals surface area (Å²) in [6.45, 7) is 0. The van der Waals surface area contributed by atoms with Crippen LogP contribution in [0.25, 0.3) is 11.1 Å². The van der Waals surface area contributed by atoms with Crippen LogP contribution >= 0.6 is 11.8 Å². The highest BCUT2D eigenvalue weighted by atomic mass is 32.2. The maximum absolute atomic E-state index is 12.2. The topological polar surface area (TPSA) is 9.23 Å². The Morgan fingerprint density at radius 1 is 1.00 bits per heavy atom. The molecule has 0 aliphatic rings. The van der Waals surface area contributed by atoms with Crippen LogP contribution in [-0.4, -0.2) is 12.6 Å². The lowest BCUT2D eigenvalue weighted by atomic mass is 10.1. The SMILES string of the molecule is CSc1cc(OC(F)(F)F)ccc1-c1ccccc1. The lowest BCUT2D eigenvalue weighted by molar-refractivity contribution is -0.274. The van der Waals surface area contributed by atoms with E-state index in [0.29, 0.717) is 0 Å². The van der Waals surface area contributed by atoms with Gasteiger partial charge >= 0.3 is 6.36 Å². The molecular weight excluding hydrogens is 273 g/mol. The zero-order chi connectivity index (χ0) is 13.9. The average molecular weight is 284 g/mol. The predicted octanol–water partition coefficient (Wildman–Crippen LogP) is 4.97. The molecule has 5 heteroatoms. The van der Waals surface area contributed by atoms with Crippen molar-refractivity contribution >= 4 is 11.8 Å². The number of halogens is 3. The predicted molar refractivity (Wildman–Crippen MR) is 70.3 cm³/mol. The number of rotatable bonds is 3. The summed E-state index contributed by atoms with van der Waals surface area (Å²) in [4.78, 5) is 0.743. The van der Waals surface area contributed by atoms with Crippen LogP contribution in [0, 0.1) is 0 Å². The van der Waals surface area contributed by atoms with Crippen LogP contribution < -0.4 is 4.74 Å². The number of ether oxygens (including phenoxy) is 1. The van der Waals surface area contributed by atoms with Crippen molar-refractivity contribution < 1.29 is 17.9 Å². The lowest BCUT2D eigenvalue weighted by Crippen LogP contribution is -2.17. The first kappa shape index (κ1) is 13.8. The monoisotopic (exact) mass is 284 g/mol. The number of hydrogen-bond donors (Lipinski definition) is 0. The van der Waals surface area contributed by atoms with Crippen molar-refractivity contribution in [2.75, 3.05) is 6.26 Å². The molecule has 0 aromatic heterocycles. The minimum atomic E-state index is -4.66. The summed E-state index contributed by atoms with van der Waals surface area (Å²) in [6, 6.07) is 13.9. The Balaban J connectivity index is 2.37. The van der Waals surface area contributed by atoms with Crippen LogP contribution in [0.4, 0.5) is 13.2 Å². The zero-order valence-corrected chi connectivity index (χ0v) is 10.9. The molecule has 2 aromatic rings. The van der Waals surface area contributed by atoms with Crippen LogP contribution in [0.5, 0.6) is 5.75 Å². The third-order valence-corrected chi connectivity index (χ3v) is 3.27. The fourth-order valence-electron chi connectivity index (χ4n) is 1.72. The highest BCUT2D eigenvalue weighted by Gasteiger charge is 2.31. The molecule has 0 atom stereocenters. The van der Waals surface area contributed by atoms with E-state index in [-0.39, 0.29) is 5.75 Å². The van der Waals surface area contributed by atoms with E-state index in [4.69, 9.17) is 0 Å². The Bertz CT molecular complexity index is 552. The van der Waals surface area contributed by atoms with Gasteiger partial charge in [-0.1, -0.05) is 30.3 Å². The molecule has 0 radical (unpaired) electrons. The van der Waals surface area contributed by atoms with Gasteiger partial charge in [0.05, 0.1) is 0 Å². The number of hydrogen-bond acceptors (Lipinski definition) is 2. The van der Waals surface area contributed by atoms with Gasteiger partial charge in [0.25, 0.3) is 0 Å². The van der Waals surface area contributed by atoms with E-state index < -0.39 is 6.36 Å². The molecule has 0 unspecified atom stereocenters. The fourth-order valence-corrected chi connectivity index (χ4v) is 2.36. The normalized spacial score (nSPS) is 11.4. The lowest BCUT2D eigenvalue weighted by Gasteiger charge is -2.12. The third kappa shape index (κ3) is 3.67. The maximum Gasteiger partial charge on any atom is 0.573 e. The number of benzene rings is 2. The Morgan fingerprint density at radius 3 is 2.26 bits per heavy atom. The second-order valence-electron chi connectivity index (χ2n) is 3.78. The summed E-state index contributed by atoms with van der Waals surface area (Å²) in [5, 5.41) is 0. The molecule has 100 valence electrons. The highest BCUT2D eigenvalue weighted by molar-refractivity contribution is 7.98. The van der Waals surface area contributed by atoms with Crippen molar-refractivity contribution in [2.45, 2.75) is 11.3 Å². The van der Waals surface area contributed by atoms with Crippen molar-refractivity contribution in [1.82, 2.24) is 0 Å². The Morgan fingerprint density at radius 2 is 1.68 bits per heavy atom. The van der Waals surface area contributed by atoms with E-state index in [0.717, 1.165) is 16.0 Å². The first-order valence-electron chi connectivity index (χ1n) is 5.49. The van der Waals surface area contributed by atoms with Crippen molar-refractivity contribution in [3.8, 4) is 16.9 Å². The maximum atomic E-state index is 12.2. The van der Waals surface area contributed by atoms with Gasteiger partial charge in [0.2, 0.25) is 0 Å². The van der Waals surface area contributed by atoms with Crippen LogP contribution in [0.3, 0.4) is 0 Å². The van der Waals surface area contributed by atoms with E-state index >= 15 is 0 Å². The second kappa shape index (κ2) is 5.57. The quantitative estimate of drug-likeness (QED) is 0.736. The smallest absolute Gasteiger partial charge is 0.406 e. The van der Waals surface area contributed by atoms with E-state index in [1.807, 2.05) is 36.6 Å². The molecule has 0 heterocycles. The number of thioether (sulfide) groups is 1. The van der Waals surface area contributed by atoms with Gasteiger partial charge < -0.3 is 4.74 Å². The molecular formula is C14H11F3OS. The van der Waals surface area contributed by atoms with Gasteiger partial charge in [-0.2, -0.15) is 0 Å². The third-order valence-electron chi connectivity index (χ3n) is 2.49. The Kier molecular flexibility index (Phi) is 4.04. The van der Waals surface area contributed by atoms with Gasteiger partial charge in [0, 0.05) is 4.90 Å². The summed E-state index contributed by atoms with van der Waals surface area (Å²) < 4.78 is 40.4. The fraction of sp³-hybridized carbons (Fsp3) is 0.143. The van der Waals surface area contributed by atoms with Crippen molar-refractivity contribution in [1.29, 1.82) is 0 Å². The van der Waals surface area contributed by atoms with Crippen LogP contribution in [0.2, 0.25) is 0 Å². The minimum Gasteiger partial charge on any atom is -0.406 e. The van der Waals surface area contributed by atoms with E-state index in [1.165, 1.54) is 23.9 Å². The molecule has 0 amide bonds. The van der Waals surface area contributed by atoms with Crippen LogP contribution in [0.15, 0.2) is 53.4 Å². The highest BCUT2D eigenvalue weighted by Crippen LogP contribution is 2.34. The summed E-state index contributed by atoms with van der Waals surface area (Å²) in [7, 11) is 0. The molecule has 2 rings (SSSR count). The molecule has 0 aliphatic carbocycles. The van der Waals surface area contributed by atoms with Crippen molar-refractivity contribution in [3.63, 3.8) is 0 Å². The summed E-state index contributed by atoms with van der Waals surface area (Å²) in [5.41, 5.74) is 1.85. The molecule has 0 spiro atoms. The molecule has 2 aromatic carbocycles. The zero-order valence-electron chi connectivity index (χ0n) is 10.1. The van der Waals surface area contributed by atoms with E-state index in [2.05, 4.69) is 4.74 Å². The molecule has 0 saturated carbocycles. The van der Waals surface area contributed by atoms with Crippen molar-refractivity contribution in [3.05, 3.63) is 48.5 Å². The van der Waals surface area contributed by atoms with Crippen LogP contribution in [-0.2, 0) is 0 Å². The summed E-state index contributed by atoms with van der Waals surface area (Å²) in [6.07, 6.45) is -2.84. The standard InChI is InChI=1S/C14H11F3OS/c1-19-13-9-11(18-14(15,16)17)7-8-12(13)10-5-3-2-4-6-10/h2-9H,1H3. The molecule has 0 fully saturated rings. The molecule has 0 N–H and O–H groups in total. The van der Waals surface area contributed by atoms with Gasteiger partial charge in [-0.15, -0.1) is 24.9 Å². The Hall–Kier alpha value is -1.62. The van der Waals surface area contributed by atoms with Crippen LogP contribution in [0.1, 0.15) is 0 Å². The largest absolute Gasteiger partial charge is 0.573 e. The van der Waals surface area contributed by atoms with Gasteiger partial charge in [-0.25, -0.2) is 0 Å². The average Bonchev–Trinajstić information content (AvgIpc) is 2.37. The number of alkyl halides is 3. The summed E-state index contributed by atoms with van der Waals surface area (Å²) >= 11 is 1.38. The second-order valence-corrected chi connectivity index (χ2v) is 4.62. The van der Waals surface area contributed by atoms with Gasteiger partial charge in [0.1, 0.15) is 5.75 Å². The first-order valence-corrected chi connectivity index (χ1v) is 6.71. The molecule has 0 saturated heterocycles. The molecule has 1 nitrogen and oxygen atoms in total. The minimum absolute atomic E-state index is 0.198. The van der Waals surface area contributed by atoms with Crippen molar-refractivity contribution in [2.24, 2.45) is 0 Å². The van der Waals surface area contributed by atoms with E-state index in [9.17, 15) is 13.2 Å². The summed E-state index contributed by atoms with van der Waals surface area (Å²) in [5.74, 6) is -0.198.